The van der Waals surface area contributed by atoms with E-state index >= 15 is 0 Å². The summed E-state index contributed by atoms with van der Waals surface area (Å²) >= 11 is 0. The summed E-state index contributed by atoms with van der Waals surface area (Å²) in [6.07, 6.45) is 2.62. The molecule has 2 N–H and O–H groups in total. The molecule has 2 aliphatic heterocycles. The van der Waals surface area contributed by atoms with Gasteiger partial charge in [0.2, 0.25) is 21.8 Å². The van der Waals surface area contributed by atoms with Crippen molar-refractivity contribution in [1.82, 2.24) is 9.62 Å². The number of carbonyl (C=O) groups excluding carboxylic acids is 2. The van der Waals surface area contributed by atoms with E-state index in [1.807, 2.05) is 23.1 Å². The molecule has 2 aromatic carbocycles. The number of carbonyl (C=O) groups is 2. The van der Waals surface area contributed by atoms with Crippen LogP contribution in [0.2, 0.25) is 0 Å². The Morgan fingerprint density at radius 3 is 2.50 bits per heavy atom. The number of amides is 2. The molecule has 0 radical (unpaired) electrons. The molecule has 0 spiro atoms. The van der Waals surface area contributed by atoms with E-state index < -0.39 is 10.0 Å². The van der Waals surface area contributed by atoms with Gasteiger partial charge in [0.1, 0.15) is 0 Å². The van der Waals surface area contributed by atoms with Crippen LogP contribution < -0.4 is 19.5 Å². The maximum Gasteiger partial charge on any atom is 0.240 e. The van der Waals surface area contributed by atoms with Gasteiger partial charge in [-0.15, -0.1) is 0 Å². The van der Waals surface area contributed by atoms with Crippen molar-refractivity contribution in [2.45, 2.75) is 43.5 Å². The van der Waals surface area contributed by atoms with E-state index in [0.29, 0.717) is 31.2 Å². The Bertz CT molecular complexity index is 1150. The van der Waals surface area contributed by atoms with Gasteiger partial charge in [0, 0.05) is 38.5 Å². The summed E-state index contributed by atoms with van der Waals surface area (Å²) in [5, 5.41) is 2.59. The maximum atomic E-state index is 12.9. The Morgan fingerprint density at radius 2 is 1.76 bits per heavy atom. The Balaban J connectivity index is 1.35. The number of sulfonamides is 1. The van der Waals surface area contributed by atoms with Crippen LogP contribution in [0.25, 0.3) is 0 Å². The van der Waals surface area contributed by atoms with E-state index in [0.717, 1.165) is 30.6 Å². The van der Waals surface area contributed by atoms with E-state index in [1.165, 1.54) is 31.2 Å². The number of hydrogen-bond donors (Lipinski definition) is 2. The highest BCUT2D eigenvalue weighted by atomic mass is 32.2. The Morgan fingerprint density at radius 1 is 1.03 bits per heavy atom. The second kappa shape index (κ2) is 10.4. The first-order valence-electron chi connectivity index (χ1n) is 11.4. The van der Waals surface area contributed by atoms with Crippen molar-refractivity contribution in [1.29, 1.82) is 0 Å². The van der Waals surface area contributed by atoms with E-state index in [9.17, 15) is 18.0 Å². The molecule has 182 valence electrons. The van der Waals surface area contributed by atoms with Gasteiger partial charge in [0.15, 0.2) is 11.5 Å². The molecular formula is C24H29N3O6S. The molecule has 1 atom stereocenters. The molecular weight excluding hydrogens is 458 g/mol. The minimum atomic E-state index is -3.77. The van der Waals surface area contributed by atoms with Crippen molar-refractivity contribution < 1.29 is 27.5 Å². The Labute approximate surface area is 199 Å². The van der Waals surface area contributed by atoms with Gasteiger partial charge in [-0.2, -0.15) is 0 Å². The van der Waals surface area contributed by atoms with E-state index in [-0.39, 0.29) is 35.7 Å². The lowest BCUT2D eigenvalue weighted by molar-refractivity contribution is -0.132. The Hall–Kier alpha value is -3.11. The predicted octanol–water partition coefficient (Wildman–Crippen LogP) is 2.84. The number of rotatable bonds is 7. The number of anilines is 1. The SMILES string of the molecule is CC(=O)Nc1ccc(S(=O)(=O)NCCC(=O)N2CCCC2c2ccc3c(c2)OCCCO3)cc1. The van der Waals surface area contributed by atoms with Crippen molar-refractivity contribution in [2.75, 3.05) is 31.6 Å². The summed E-state index contributed by atoms with van der Waals surface area (Å²) in [6, 6.07) is 11.6. The van der Waals surface area contributed by atoms with E-state index in [4.69, 9.17) is 9.47 Å². The van der Waals surface area contributed by atoms with Crippen LogP contribution in [-0.2, 0) is 19.6 Å². The molecule has 4 rings (SSSR count). The molecule has 0 saturated carbocycles. The summed E-state index contributed by atoms with van der Waals surface area (Å²) in [6.45, 7) is 3.23. The van der Waals surface area contributed by atoms with Gasteiger partial charge in [-0.05, 0) is 54.8 Å². The number of nitrogens with one attached hydrogen (secondary N) is 2. The number of likely N-dealkylation sites (tertiary alicyclic amines) is 1. The first kappa shape index (κ1) is 24.0. The summed E-state index contributed by atoms with van der Waals surface area (Å²) in [5.41, 5.74) is 1.51. The number of fused-ring (bicyclic) bond motifs is 1. The minimum absolute atomic E-state index is 0.00102. The number of nitrogens with zero attached hydrogens (tertiary/aromatic N) is 1. The zero-order valence-electron chi connectivity index (χ0n) is 19.1. The molecule has 2 aromatic rings. The van der Waals surface area contributed by atoms with Crippen molar-refractivity contribution in [2.24, 2.45) is 0 Å². The molecule has 34 heavy (non-hydrogen) atoms. The monoisotopic (exact) mass is 487 g/mol. The highest BCUT2D eigenvalue weighted by molar-refractivity contribution is 7.89. The molecule has 2 aliphatic rings. The lowest BCUT2D eigenvalue weighted by atomic mass is 10.0. The first-order chi connectivity index (χ1) is 16.3. The second-order valence-corrected chi connectivity index (χ2v) is 10.1. The fourth-order valence-electron chi connectivity index (χ4n) is 4.24. The van der Waals surface area contributed by atoms with Crippen LogP contribution in [0.3, 0.4) is 0 Å². The van der Waals surface area contributed by atoms with Gasteiger partial charge in [-0.1, -0.05) is 6.07 Å². The van der Waals surface area contributed by atoms with Crippen LogP contribution in [0.15, 0.2) is 47.4 Å². The molecule has 2 amide bonds. The molecule has 9 nitrogen and oxygen atoms in total. The topological polar surface area (TPSA) is 114 Å². The lowest BCUT2D eigenvalue weighted by Crippen LogP contribution is -2.34. The molecule has 0 bridgehead atoms. The van der Waals surface area contributed by atoms with Crippen LogP contribution in [0.5, 0.6) is 11.5 Å². The van der Waals surface area contributed by atoms with Gasteiger partial charge in [0.05, 0.1) is 24.2 Å². The van der Waals surface area contributed by atoms with E-state index in [1.54, 1.807) is 0 Å². The number of benzene rings is 2. The third-order valence-electron chi connectivity index (χ3n) is 5.85. The van der Waals surface area contributed by atoms with Gasteiger partial charge in [0.25, 0.3) is 0 Å². The average molecular weight is 488 g/mol. The zero-order chi connectivity index (χ0) is 24.1. The van der Waals surface area contributed by atoms with Crippen LogP contribution in [0, 0.1) is 0 Å². The smallest absolute Gasteiger partial charge is 0.240 e. The van der Waals surface area contributed by atoms with Crippen molar-refractivity contribution in [3.05, 3.63) is 48.0 Å². The average Bonchev–Trinajstić information content (AvgIpc) is 3.18. The summed E-state index contributed by atoms with van der Waals surface area (Å²) < 4.78 is 39.1. The molecule has 1 fully saturated rings. The Kier molecular flexibility index (Phi) is 7.38. The third-order valence-corrected chi connectivity index (χ3v) is 7.32. The lowest BCUT2D eigenvalue weighted by Gasteiger charge is -2.26. The normalized spacial score (nSPS) is 17.8. The van der Waals surface area contributed by atoms with Crippen LogP contribution in [0.4, 0.5) is 5.69 Å². The van der Waals surface area contributed by atoms with Crippen molar-refractivity contribution in [3.63, 3.8) is 0 Å². The van der Waals surface area contributed by atoms with Gasteiger partial charge in [-0.3, -0.25) is 9.59 Å². The quantitative estimate of drug-likeness (QED) is 0.621. The third kappa shape index (κ3) is 5.68. The molecule has 10 heteroatoms. The van der Waals surface area contributed by atoms with Crippen molar-refractivity contribution >= 4 is 27.5 Å². The zero-order valence-corrected chi connectivity index (χ0v) is 19.9. The van der Waals surface area contributed by atoms with E-state index in [2.05, 4.69) is 10.0 Å². The number of hydrogen-bond acceptors (Lipinski definition) is 6. The van der Waals surface area contributed by atoms with Crippen LogP contribution >= 0.6 is 0 Å². The predicted molar refractivity (Wildman–Crippen MR) is 126 cm³/mol. The maximum absolute atomic E-state index is 12.9. The molecule has 2 heterocycles. The van der Waals surface area contributed by atoms with Crippen molar-refractivity contribution in [3.8, 4) is 11.5 Å². The fraction of sp³-hybridized carbons (Fsp3) is 0.417. The highest BCUT2D eigenvalue weighted by Crippen LogP contribution is 2.38. The van der Waals surface area contributed by atoms with Crippen LogP contribution in [0.1, 0.15) is 44.2 Å². The molecule has 1 saturated heterocycles. The molecule has 1 unspecified atom stereocenters. The summed E-state index contributed by atoms with van der Waals surface area (Å²) in [7, 11) is -3.77. The highest BCUT2D eigenvalue weighted by Gasteiger charge is 2.30. The van der Waals surface area contributed by atoms with Crippen LogP contribution in [-0.4, -0.2) is 51.4 Å². The minimum Gasteiger partial charge on any atom is -0.490 e. The second-order valence-electron chi connectivity index (χ2n) is 8.36. The van der Waals surface area contributed by atoms with Gasteiger partial charge in [-0.25, -0.2) is 13.1 Å². The first-order valence-corrected chi connectivity index (χ1v) is 12.9. The number of ether oxygens (including phenoxy) is 2. The largest absolute Gasteiger partial charge is 0.490 e. The van der Waals surface area contributed by atoms with Gasteiger partial charge >= 0.3 is 0 Å². The van der Waals surface area contributed by atoms with Gasteiger partial charge < -0.3 is 19.7 Å². The summed E-state index contributed by atoms with van der Waals surface area (Å²) in [4.78, 5) is 25.9. The summed E-state index contributed by atoms with van der Waals surface area (Å²) in [5.74, 6) is 1.08. The molecule has 0 aromatic heterocycles. The standard InChI is InChI=1S/C24H29N3O6S/c1-17(28)26-19-6-8-20(9-7-19)34(30,31)25-12-11-24(29)27-13-2-4-21(27)18-5-10-22-23(16-18)33-15-3-14-32-22/h5-10,16,21,25H,2-4,11-15H2,1H3,(H,26,28). The fourth-order valence-corrected chi connectivity index (χ4v) is 5.27. The molecule has 0 aliphatic carbocycles.